The molecule has 2 aromatic heterocycles. The van der Waals surface area contributed by atoms with Crippen LogP contribution in [0.1, 0.15) is 29.6 Å². The van der Waals surface area contributed by atoms with Crippen molar-refractivity contribution in [2.75, 3.05) is 31.7 Å². The first-order valence-electron chi connectivity index (χ1n) is 7.31. The predicted octanol–water partition coefficient (Wildman–Crippen LogP) is 1.47. The maximum Gasteiger partial charge on any atom is 0.278 e. The highest BCUT2D eigenvalue weighted by molar-refractivity contribution is 5.37. The van der Waals surface area contributed by atoms with Gasteiger partial charge >= 0.3 is 0 Å². The molecule has 8 heteroatoms. The fourth-order valence-corrected chi connectivity index (χ4v) is 2.34. The van der Waals surface area contributed by atoms with E-state index in [2.05, 4.69) is 30.2 Å². The number of aromatic nitrogens is 4. The molecule has 2 aromatic rings. The summed E-state index contributed by atoms with van der Waals surface area (Å²) < 4.78 is 15.5. The van der Waals surface area contributed by atoms with Gasteiger partial charge < -0.3 is 14.8 Å². The minimum atomic E-state index is 0.363. The van der Waals surface area contributed by atoms with Crippen LogP contribution in [0.3, 0.4) is 0 Å². The predicted molar refractivity (Wildman–Crippen MR) is 78.0 cm³/mol. The van der Waals surface area contributed by atoms with Crippen LogP contribution in [0, 0.1) is 13.8 Å². The highest BCUT2D eigenvalue weighted by Gasteiger charge is 2.20. The molecule has 1 N–H and O–H groups in total. The molecule has 1 aliphatic rings. The van der Waals surface area contributed by atoms with Gasteiger partial charge in [-0.2, -0.15) is 0 Å². The van der Waals surface area contributed by atoms with Crippen LogP contribution in [0.4, 0.5) is 5.82 Å². The zero-order chi connectivity index (χ0) is 15.4. The van der Waals surface area contributed by atoms with Crippen LogP contribution in [0.2, 0.25) is 0 Å². The Balaban J connectivity index is 1.54. The Bertz CT molecular complexity index is 625. The highest BCUT2D eigenvalue weighted by Crippen LogP contribution is 2.24. The second kappa shape index (κ2) is 6.69. The first-order valence-corrected chi connectivity index (χ1v) is 7.31. The van der Waals surface area contributed by atoms with Crippen molar-refractivity contribution in [2.24, 2.45) is 0 Å². The molecule has 1 fully saturated rings. The number of anilines is 1. The van der Waals surface area contributed by atoms with Crippen molar-refractivity contribution in [3.63, 3.8) is 0 Å². The van der Waals surface area contributed by atoms with Crippen LogP contribution in [-0.4, -0.2) is 46.6 Å². The molecule has 118 valence electrons. The van der Waals surface area contributed by atoms with E-state index in [0.717, 1.165) is 37.0 Å². The quantitative estimate of drug-likeness (QED) is 0.802. The van der Waals surface area contributed by atoms with E-state index in [4.69, 9.17) is 9.47 Å². The zero-order valence-electron chi connectivity index (χ0n) is 12.7. The summed E-state index contributed by atoms with van der Waals surface area (Å²) in [5.41, 5.74) is 1.67. The molecule has 1 saturated heterocycles. The van der Waals surface area contributed by atoms with E-state index < -0.39 is 0 Å². The Labute approximate surface area is 128 Å². The third kappa shape index (κ3) is 3.51. The summed E-state index contributed by atoms with van der Waals surface area (Å²) in [4.78, 5) is 8.90. The fourth-order valence-electron chi connectivity index (χ4n) is 2.34. The molecule has 3 rings (SSSR count). The van der Waals surface area contributed by atoms with Gasteiger partial charge in [0, 0.05) is 18.6 Å². The van der Waals surface area contributed by atoms with Crippen LogP contribution < -0.4 is 10.1 Å². The molecular formula is C14H19N5O3. The van der Waals surface area contributed by atoms with Gasteiger partial charge in [0.25, 0.3) is 5.88 Å². The smallest absolute Gasteiger partial charge is 0.278 e. The molecule has 22 heavy (non-hydrogen) atoms. The summed E-state index contributed by atoms with van der Waals surface area (Å²) in [5, 5.41) is 10.6. The van der Waals surface area contributed by atoms with E-state index in [1.807, 2.05) is 13.0 Å². The molecule has 0 bridgehead atoms. The van der Waals surface area contributed by atoms with Crippen LogP contribution in [0.25, 0.3) is 0 Å². The van der Waals surface area contributed by atoms with Crippen molar-refractivity contribution in [3.05, 3.63) is 23.3 Å². The van der Waals surface area contributed by atoms with Gasteiger partial charge in [0.15, 0.2) is 0 Å². The SMILES string of the molecule is Cc1nc(NCCOc2nonc2C)cc([C@H]2CCOC2)n1. The molecule has 8 nitrogen and oxygen atoms in total. The summed E-state index contributed by atoms with van der Waals surface area (Å²) in [5.74, 6) is 2.34. The Morgan fingerprint density at radius 1 is 1.32 bits per heavy atom. The summed E-state index contributed by atoms with van der Waals surface area (Å²) in [6.07, 6.45) is 1.01. The van der Waals surface area contributed by atoms with Crippen LogP contribution in [0.15, 0.2) is 10.7 Å². The summed E-state index contributed by atoms with van der Waals surface area (Å²) in [6, 6.07) is 1.98. The molecule has 0 saturated carbocycles. The van der Waals surface area contributed by atoms with E-state index >= 15 is 0 Å². The summed E-state index contributed by atoms with van der Waals surface area (Å²) in [6.45, 7) is 6.25. The molecule has 0 aromatic carbocycles. The van der Waals surface area contributed by atoms with Crippen molar-refractivity contribution in [2.45, 2.75) is 26.2 Å². The summed E-state index contributed by atoms with van der Waals surface area (Å²) in [7, 11) is 0. The Morgan fingerprint density at radius 2 is 2.23 bits per heavy atom. The molecule has 0 amide bonds. The number of rotatable bonds is 6. The molecular weight excluding hydrogens is 286 g/mol. The van der Waals surface area contributed by atoms with Gasteiger partial charge in [0.2, 0.25) is 0 Å². The van der Waals surface area contributed by atoms with Gasteiger partial charge in [-0.3, -0.25) is 0 Å². The molecule has 0 spiro atoms. The lowest BCUT2D eigenvalue weighted by atomic mass is 10.0. The molecule has 0 radical (unpaired) electrons. The van der Waals surface area contributed by atoms with Crippen molar-refractivity contribution in [3.8, 4) is 5.88 Å². The Kier molecular flexibility index (Phi) is 4.47. The lowest BCUT2D eigenvalue weighted by Crippen LogP contribution is -2.14. The van der Waals surface area contributed by atoms with Gasteiger partial charge in [-0.1, -0.05) is 5.16 Å². The molecule has 3 heterocycles. The molecule has 1 aliphatic heterocycles. The first-order chi connectivity index (χ1) is 10.7. The van der Waals surface area contributed by atoms with E-state index in [-0.39, 0.29) is 0 Å². The minimum Gasteiger partial charge on any atom is -0.472 e. The molecule has 0 unspecified atom stereocenters. The number of nitrogens with one attached hydrogen (secondary N) is 1. The Morgan fingerprint density at radius 3 is 2.95 bits per heavy atom. The fraction of sp³-hybridized carbons (Fsp3) is 0.571. The molecule has 1 atom stereocenters. The zero-order valence-corrected chi connectivity index (χ0v) is 12.7. The first kappa shape index (κ1) is 14.7. The van der Waals surface area contributed by atoms with Crippen molar-refractivity contribution in [1.29, 1.82) is 0 Å². The number of aryl methyl sites for hydroxylation is 2. The maximum absolute atomic E-state index is 5.47. The standard InChI is InChI=1S/C14H19N5O3/c1-9-14(19-22-18-9)21-6-4-15-13-7-12(16-10(2)17-13)11-3-5-20-8-11/h7,11H,3-6,8H2,1-2H3,(H,15,16,17)/t11-/m0/s1. The lowest BCUT2D eigenvalue weighted by molar-refractivity contribution is 0.193. The second-order valence-electron chi connectivity index (χ2n) is 5.22. The third-order valence-corrected chi connectivity index (χ3v) is 3.46. The number of hydrogen-bond donors (Lipinski definition) is 1. The van der Waals surface area contributed by atoms with Crippen LogP contribution in [-0.2, 0) is 4.74 Å². The highest BCUT2D eigenvalue weighted by atomic mass is 16.6. The van der Waals surface area contributed by atoms with E-state index in [9.17, 15) is 0 Å². The van der Waals surface area contributed by atoms with Gasteiger partial charge in [0.05, 0.1) is 18.8 Å². The normalized spacial score (nSPS) is 17.6. The van der Waals surface area contributed by atoms with Gasteiger partial charge in [0.1, 0.15) is 23.9 Å². The van der Waals surface area contributed by atoms with Gasteiger partial charge in [-0.25, -0.2) is 14.6 Å². The second-order valence-corrected chi connectivity index (χ2v) is 5.22. The van der Waals surface area contributed by atoms with Crippen molar-refractivity contribution < 1.29 is 14.1 Å². The molecule has 0 aliphatic carbocycles. The van der Waals surface area contributed by atoms with E-state index in [1.54, 1.807) is 6.92 Å². The monoisotopic (exact) mass is 305 g/mol. The topological polar surface area (TPSA) is 95.2 Å². The average Bonchev–Trinajstić information content (AvgIpc) is 3.15. The number of hydrogen-bond acceptors (Lipinski definition) is 8. The van der Waals surface area contributed by atoms with E-state index in [0.29, 0.717) is 30.6 Å². The minimum absolute atomic E-state index is 0.363. The number of ether oxygens (including phenoxy) is 2. The van der Waals surface area contributed by atoms with Crippen LogP contribution >= 0.6 is 0 Å². The van der Waals surface area contributed by atoms with E-state index in [1.165, 1.54) is 0 Å². The van der Waals surface area contributed by atoms with Gasteiger partial charge in [-0.05, 0) is 25.4 Å². The van der Waals surface area contributed by atoms with Gasteiger partial charge in [-0.15, -0.1) is 0 Å². The van der Waals surface area contributed by atoms with Crippen molar-refractivity contribution in [1.82, 2.24) is 20.3 Å². The number of nitrogens with zero attached hydrogens (tertiary/aromatic N) is 4. The summed E-state index contributed by atoms with van der Waals surface area (Å²) >= 11 is 0. The van der Waals surface area contributed by atoms with Crippen LogP contribution in [0.5, 0.6) is 5.88 Å². The van der Waals surface area contributed by atoms with Crippen molar-refractivity contribution >= 4 is 5.82 Å². The largest absolute Gasteiger partial charge is 0.472 e. The average molecular weight is 305 g/mol. The maximum atomic E-state index is 5.47. The lowest BCUT2D eigenvalue weighted by Gasteiger charge is -2.11. The Hall–Kier alpha value is -2.22. The third-order valence-electron chi connectivity index (χ3n) is 3.46.